The first kappa shape index (κ1) is 23.3. The Morgan fingerprint density at radius 1 is 0.288 bits per heavy atom. The third-order valence-corrected chi connectivity index (χ3v) is 15.0. The number of hydrogen-bond acceptors (Lipinski definition) is 1. The van der Waals surface area contributed by atoms with Gasteiger partial charge in [-0.05, 0) is 158 Å². The van der Waals surface area contributed by atoms with Gasteiger partial charge in [-0.3, -0.25) is 0 Å². The van der Waals surface area contributed by atoms with Crippen molar-refractivity contribution in [2.45, 2.75) is 10.8 Å². The summed E-state index contributed by atoms with van der Waals surface area (Å²) in [4.78, 5) is 1.53. The second-order valence-corrected chi connectivity index (χ2v) is 18.3. The number of hydrogen-bond donors (Lipinski definition) is 0. The van der Waals surface area contributed by atoms with Gasteiger partial charge in [0.15, 0.2) is 0 Å². The molecule has 12 aromatic carbocycles. The van der Waals surface area contributed by atoms with Crippen LogP contribution in [0.3, 0.4) is 0 Å². The molecule has 0 heterocycles. The number of anilines is 3. The third kappa shape index (κ3) is 5.25. The van der Waals surface area contributed by atoms with Crippen LogP contribution in [0.25, 0.3) is 77.5 Å². The van der Waals surface area contributed by atoms with E-state index in [1.165, 1.54) is 4.90 Å². The zero-order chi connectivity index (χ0) is 69.6. The molecule has 0 saturated carbocycles. The number of para-hydroxylation sites is 1. The summed E-state index contributed by atoms with van der Waals surface area (Å²) < 4.78 is 242. The summed E-state index contributed by atoms with van der Waals surface area (Å²) in [7, 11) is 0. The van der Waals surface area contributed by atoms with Gasteiger partial charge in [0.05, 0.1) is 45.1 Å². The molecular formula is C72H45N. The molecule has 0 amide bonds. The minimum absolute atomic E-state index is 0.315. The Kier molecular flexibility index (Phi) is 4.82. The molecule has 1 nitrogen and oxygen atoms in total. The molecule has 338 valence electrons. The van der Waals surface area contributed by atoms with Gasteiger partial charge >= 0.3 is 0 Å². The summed E-state index contributed by atoms with van der Waals surface area (Å²) in [5.74, 6) is 0. The van der Waals surface area contributed by atoms with Crippen molar-refractivity contribution in [2.75, 3.05) is 4.90 Å². The fourth-order valence-corrected chi connectivity index (χ4v) is 12.3. The normalized spacial score (nSPS) is 18.8. The van der Waals surface area contributed by atoms with Gasteiger partial charge < -0.3 is 4.90 Å². The smallest absolute Gasteiger partial charge is 0.0726 e. The minimum atomic E-state index is -2.90. The maximum absolute atomic E-state index is 10.8. The molecule has 0 bridgehead atoms. The molecule has 16 rings (SSSR count). The van der Waals surface area contributed by atoms with E-state index in [4.69, 9.17) is 6.85 Å². The van der Waals surface area contributed by atoms with Crippen molar-refractivity contribution in [2.24, 2.45) is 0 Å². The predicted molar refractivity (Wildman–Crippen MR) is 302 cm³/mol. The quantitative estimate of drug-likeness (QED) is 0.166. The highest BCUT2D eigenvalue weighted by atomic mass is 15.1. The summed E-state index contributed by atoms with van der Waals surface area (Å²) >= 11 is 0. The number of fused-ring (bicyclic) bond motifs is 21. The van der Waals surface area contributed by atoms with Crippen LogP contribution in [0.4, 0.5) is 17.1 Å². The van der Waals surface area contributed by atoms with Gasteiger partial charge in [0.1, 0.15) is 0 Å². The van der Waals surface area contributed by atoms with E-state index in [9.17, 15) is 27.4 Å². The molecule has 1 heteroatoms. The molecular weight excluding hydrogens is 879 g/mol. The van der Waals surface area contributed by atoms with Crippen LogP contribution >= 0.6 is 0 Å². The van der Waals surface area contributed by atoms with Crippen molar-refractivity contribution in [3.05, 3.63) is 317 Å². The molecule has 4 aliphatic rings. The monoisotopic (exact) mass is 949 g/mol. The van der Waals surface area contributed by atoms with Crippen molar-refractivity contribution < 1.29 is 34.3 Å². The van der Waals surface area contributed by atoms with Gasteiger partial charge in [0.25, 0.3) is 0 Å². The van der Waals surface area contributed by atoms with Crippen molar-refractivity contribution in [1.29, 1.82) is 0 Å². The van der Waals surface area contributed by atoms with Gasteiger partial charge in [0, 0.05) is 17.1 Å². The second kappa shape index (κ2) is 15.1. The SMILES string of the molecule is [2H]c1c([2H])c([2H])c2c(c1[2H])-c1c([2H])c([2H])c([2H])c([2H])c1C21c2c([2H])c([2H])c([2H])c([2H])c2-c2c(-c3c(-c4c([2H])c([2H])c([2H])c(N(c5ccccc5)c5ccc6c(c5)C5(c7ccccc7-c7ccccc75)c5ccccc5-6)c4[2H])c([2H])c([2H])c4c([2H])c([2H])c([2H])c([2H])c34)c([2H])c([2H])c([2H])c21. The first-order valence-corrected chi connectivity index (χ1v) is 23.6. The Balaban J connectivity index is 1.08. The highest BCUT2D eigenvalue weighted by molar-refractivity contribution is 6.10. The Hall–Kier alpha value is -9.30. The largest absolute Gasteiger partial charge is 0.310 e. The summed E-state index contributed by atoms with van der Waals surface area (Å²) in [6.07, 6.45) is 0. The van der Waals surface area contributed by atoms with E-state index >= 15 is 0 Å². The fraction of sp³-hybridized carbons (Fsp3) is 0.0278. The van der Waals surface area contributed by atoms with Crippen LogP contribution in [0.5, 0.6) is 0 Å². The Morgan fingerprint density at radius 2 is 0.808 bits per heavy atom. The van der Waals surface area contributed by atoms with Crippen molar-refractivity contribution in [3.8, 4) is 66.8 Å². The Labute approximate surface area is 460 Å². The summed E-state index contributed by atoms with van der Waals surface area (Å²) in [6.45, 7) is 0. The molecule has 0 N–H and O–H groups in total. The van der Waals surface area contributed by atoms with Gasteiger partial charge in [-0.2, -0.15) is 0 Å². The number of benzene rings is 12. The van der Waals surface area contributed by atoms with E-state index in [1.54, 1.807) is 36.4 Å². The lowest BCUT2D eigenvalue weighted by Gasteiger charge is -2.32. The molecule has 0 aliphatic heterocycles. The summed E-state index contributed by atoms with van der Waals surface area (Å²) in [6, 6.07) is 15.0. The molecule has 12 aromatic rings. The van der Waals surface area contributed by atoms with Crippen LogP contribution in [0.15, 0.2) is 272 Å². The molecule has 0 radical (unpaired) electrons. The molecule has 4 aliphatic carbocycles. The zero-order valence-electron chi connectivity index (χ0n) is 63.0. The molecule has 2 spiro atoms. The van der Waals surface area contributed by atoms with Crippen molar-refractivity contribution in [3.63, 3.8) is 0 Å². The van der Waals surface area contributed by atoms with E-state index in [1.807, 2.05) is 54.6 Å². The van der Waals surface area contributed by atoms with Gasteiger partial charge in [-0.1, -0.05) is 236 Å². The third-order valence-electron chi connectivity index (χ3n) is 15.0. The molecule has 0 unspecified atom stereocenters. The standard InChI is InChI=1S/C72H45N/c1-2-22-48(23-3-1)73(50-41-43-58-57-30-10-16-37-65(57)72(68(58)45-50)63-35-14-8-28-55(63)56-29-9-15-36-64(56)72)49-24-18-21-47(44-49)52-42-40-46-20-4-5-25-51(46)69(52)60-32-19-39-67-70(60)59-31-11-17-38-66(59)71(67)61-33-12-6-26-53(61)54-27-7-13-34-62(54)71/h1-45H/i4D,5D,6D,7D,11D,12D,13D,17D,18D,19D,20D,21D,24D,25D,26D,27D,31D,32D,33D,34D,38D,39D,40D,42D,44D. The van der Waals surface area contributed by atoms with E-state index in [-0.39, 0.29) is 0 Å². The number of rotatable bonds is 5. The van der Waals surface area contributed by atoms with Crippen LogP contribution in [-0.4, -0.2) is 0 Å². The lowest BCUT2D eigenvalue weighted by Crippen LogP contribution is -2.26. The van der Waals surface area contributed by atoms with Crippen molar-refractivity contribution in [1.82, 2.24) is 0 Å². The zero-order valence-corrected chi connectivity index (χ0v) is 38.0. The summed E-state index contributed by atoms with van der Waals surface area (Å²) in [5, 5.41) is -1.42. The van der Waals surface area contributed by atoms with E-state index in [0.717, 1.165) is 44.5 Å². The fourth-order valence-electron chi connectivity index (χ4n) is 12.3. The second-order valence-electron chi connectivity index (χ2n) is 18.3. The van der Waals surface area contributed by atoms with E-state index in [0.29, 0.717) is 11.4 Å². The van der Waals surface area contributed by atoms with Gasteiger partial charge in [-0.25, -0.2) is 0 Å². The average molecular weight is 949 g/mol. The molecule has 0 fully saturated rings. The molecule has 0 aromatic heterocycles. The van der Waals surface area contributed by atoms with Gasteiger partial charge in [-0.15, -0.1) is 0 Å². The Morgan fingerprint density at radius 3 is 1.49 bits per heavy atom. The lowest BCUT2D eigenvalue weighted by atomic mass is 9.70. The summed E-state index contributed by atoms with van der Waals surface area (Å²) in [5.41, 5.74) is -4.29. The highest BCUT2D eigenvalue weighted by Gasteiger charge is 2.53. The first-order valence-electron chi connectivity index (χ1n) is 36.1. The highest BCUT2D eigenvalue weighted by Crippen LogP contribution is 2.66. The van der Waals surface area contributed by atoms with Crippen LogP contribution in [0.1, 0.15) is 78.8 Å². The molecule has 0 saturated heterocycles. The molecule has 73 heavy (non-hydrogen) atoms. The van der Waals surface area contributed by atoms with Crippen molar-refractivity contribution >= 4 is 27.8 Å². The first-order chi connectivity index (χ1) is 46.6. The lowest BCUT2D eigenvalue weighted by molar-refractivity contribution is 0.793. The van der Waals surface area contributed by atoms with Crippen LogP contribution < -0.4 is 4.90 Å². The average Bonchev–Trinajstić information content (AvgIpc) is 1.47. The van der Waals surface area contributed by atoms with E-state index < -0.39 is 245 Å². The molecule has 0 atom stereocenters. The van der Waals surface area contributed by atoms with Gasteiger partial charge in [0.2, 0.25) is 0 Å². The van der Waals surface area contributed by atoms with Crippen LogP contribution in [0, 0.1) is 0 Å². The predicted octanol–water partition coefficient (Wildman–Crippen LogP) is 18.3. The Bertz CT molecular complexity index is 5650. The van der Waals surface area contributed by atoms with E-state index in [2.05, 4.69) is 30.3 Å². The number of nitrogens with zero attached hydrogens (tertiary/aromatic N) is 1. The van der Waals surface area contributed by atoms with Crippen LogP contribution in [-0.2, 0) is 10.8 Å². The maximum Gasteiger partial charge on any atom is 0.0726 e. The van der Waals surface area contributed by atoms with Crippen LogP contribution in [0.2, 0.25) is 0 Å². The minimum Gasteiger partial charge on any atom is -0.310 e. The maximum atomic E-state index is 10.8. The topological polar surface area (TPSA) is 3.24 Å².